The number of rotatable bonds is 1. The first-order valence-electron chi connectivity index (χ1n) is 4.29. The Labute approximate surface area is 77.0 Å². The molecule has 2 rings (SSSR count). The van der Waals surface area contributed by atoms with E-state index in [0.717, 1.165) is 30.5 Å². The Kier molecular flexibility index (Phi) is 1.79. The molecule has 0 radical (unpaired) electrons. The van der Waals surface area contributed by atoms with Gasteiger partial charge in [-0.2, -0.15) is 10.4 Å². The number of aromatic nitrogens is 2. The van der Waals surface area contributed by atoms with Gasteiger partial charge in [0.2, 0.25) is 0 Å². The molecule has 0 fully saturated rings. The Morgan fingerprint density at radius 2 is 2.38 bits per heavy atom. The SMILES string of the molecule is C#CCn1nc2c(c1C#N)CCC2. The maximum Gasteiger partial charge on any atom is 0.143 e. The number of fused-ring (bicyclic) bond motifs is 1. The van der Waals surface area contributed by atoms with Gasteiger partial charge in [0.1, 0.15) is 18.3 Å². The fourth-order valence-electron chi connectivity index (χ4n) is 1.77. The third-order valence-corrected chi connectivity index (χ3v) is 2.32. The molecule has 0 spiro atoms. The fraction of sp³-hybridized carbons (Fsp3) is 0.400. The topological polar surface area (TPSA) is 41.6 Å². The van der Waals surface area contributed by atoms with Crippen LogP contribution in [0.5, 0.6) is 0 Å². The van der Waals surface area contributed by atoms with E-state index in [2.05, 4.69) is 17.1 Å². The number of hydrogen-bond donors (Lipinski definition) is 0. The largest absolute Gasteiger partial charge is 0.242 e. The lowest BCUT2D eigenvalue weighted by Crippen LogP contribution is -2.02. The highest BCUT2D eigenvalue weighted by Gasteiger charge is 2.21. The third-order valence-electron chi connectivity index (χ3n) is 2.32. The molecule has 0 atom stereocenters. The summed E-state index contributed by atoms with van der Waals surface area (Å²) in [5, 5.41) is 13.2. The van der Waals surface area contributed by atoms with Gasteiger partial charge in [-0.3, -0.25) is 0 Å². The van der Waals surface area contributed by atoms with Crippen molar-refractivity contribution in [3.05, 3.63) is 17.0 Å². The summed E-state index contributed by atoms with van der Waals surface area (Å²) in [5.74, 6) is 2.50. The first kappa shape index (κ1) is 7.89. The molecule has 0 aromatic carbocycles. The fourth-order valence-corrected chi connectivity index (χ4v) is 1.77. The normalized spacial score (nSPS) is 13.4. The predicted molar refractivity (Wildman–Crippen MR) is 47.8 cm³/mol. The summed E-state index contributed by atoms with van der Waals surface area (Å²) < 4.78 is 1.63. The predicted octanol–water partition coefficient (Wildman–Crippen LogP) is 0.877. The maximum absolute atomic E-state index is 8.92. The van der Waals surface area contributed by atoms with Gasteiger partial charge in [0.25, 0.3) is 0 Å². The van der Waals surface area contributed by atoms with Crippen LogP contribution < -0.4 is 0 Å². The monoisotopic (exact) mass is 171 g/mol. The molecule has 0 aliphatic heterocycles. The highest BCUT2D eigenvalue weighted by atomic mass is 15.3. The lowest BCUT2D eigenvalue weighted by atomic mass is 10.2. The highest BCUT2D eigenvalue weighted by Crippen LogP contribution is 2.23. The smallest absolute Gasteiger partial charge is 0.143 e. The minimum absolute atomic E-state index is 0.399. The van der Waals surface area contributed by atoms with Gasteiger partial charge in [-0.1, -0.05) is 5.92 Å². The van der Waals surface area contributed by atoms with Gasteiger partial charge in [-0.05, 0) is 19.3 Å². The summed E-state index contributed by atoms with van der Waals surface area (Å²) in [5.41, 5.74) is 2.83. The number of nitrogens with zero attached hydrogens (tertiary/aromatic N) is 3. The van der Waals surface area contributed by atoms with E-state index in [1.807, 2.05) is 0 Å². The van der Waals surface area contributed by atoms with Crippen LogP contribution in [0.15, 0.2) is 0 Å². The van der Waals surface area contributed by atoms with Crippen LogP contribution in [-0.4, -0.2) is 9.78 Å². The van der Waals surface area contributed by atoms with Crippen molar-refractivity contribution in [1.82, 2.24) is 9.78 Å². The summed E-state index contributed by atoms with van der Waals surface area (Å²) in [6, 6.07) is 2.17. The Bertz CT molecular complexity index is 415. The first-order chi connectivity index (χ1) is 6.36. The Hall–Kier alpha value is -1.74. The van der Waals surface area contributed by atoms with Gasteiger partial charge < -0.3 is 0 Å². The number of nitriles is 1. The van der Waals surface area contributed by atoms with Crippen molar-refractivity contribution in [2.24, 2.45) is 0 Å². The summed E-state index contributed by atoms with van der Waals surface area (Å²) in [7, 11) is 0. The summed E-state index contributed by atoms with van der Waals surface area (Å²) in [6.07, 6.45) is 8.26. The molecule has 3 nitrogen and oxygen atoms in total. The van der Waals surface area contributed by atoms with Gasteiger partial charge in [0, 0.05) is 5.56 Å². The minimum Gasteiger partial charge on any atom is -0.242 e. The zero-order valence-electron chi connectivity index (χ0n) is 7.25. The van der Waals surface area contributed by atoms with Crippen LogP contribution in [-0.2, 0) is 19.4 Å². The standard InChI is InChI=1S/C10H9N3/c1-2-6-13-10(7-11)8-4-3-5-9(8)12-13/h1H,3-6H2. The van der Waals surface area contributed by atoms with E-state index in [0.29, 0.717) is 12.2 Å². The molecule has 0 bridgehead atoms. The molecule has 1 aromatic rings. The molecule has 1 aliphatic carbocycles. The number of terminal acetylenes is 1. The quantitative estimate of drug-likeness (QED) is 0.588. The van der Waals surface area contributed by atoms with Crippen LogP contribution in [0.4, 0.5) is 0 Å². The molecular formula is C10H9N3. The highest BCUT2D eigenvalue weighted by molar-refractivity contribution is 5.38. The van der Waals surface area contributed by atoms with Crippen molar-refractivity contribution in [1.29, 1.82) is 5.26 Å². The molecule has 64 valence electrons. The maximum atomic E-state index is 8.92. The zero-order valence-corrected chi connectivity index (χ0v) is 7.25. The molecule has 1 aliphatic rings. The van der Waals surface area contributed by atoms with Crippen molar-refractivity contribution in [2.45, 2.75) is 25.8 Å². The van der Waals surface area contributed by atoms with E-state index in [9.17, 15) is 0 Å². The molecule has 3 heteroatoms. The van der Waals surface area contributed by atoms with Gasteiger partial charge in [-0.25, -0.2) is 4.68 Å². The van der Waals surface area contributed by atoms with Crippen LogP contribution in [0.2, 0.25) is 0 Å². The van der Waals surface area contributed by atoms with E-state index < -0.39 is 0 Å². The van der Waals surface area contributed by atoms with Crippen molar-refractivity contribution in [3.63, 3.8) is 0 Å². The van der Waals surface area contributed by atoms with Gasteiger partial charge in [-0.15, -0.1) is 6.42 Å². The Morgan fingerprint density at radius 3 is 3.08 bits per heavy atom. The molecule has 1 heterocycles. The van der Waals surface area contributed by atoms with Crippen LogP contribution in [0.3, 0.4) is 0 Å². The third kappa shape index (κ3) is 1.10. The van der Waals surface area contributed by atoms with Crippen LogP contribution in [0.25, 0.3) is 0 Å². The summed E-state index contributed by atoms with van der Waals surface area (Å²) in [4.78, 5) is 0. The molecule has 0 saturated carbocycles. The molecular weight excluding hydrogens is 162 g/mol. The lowest BCUT2D eigenvalue weighted by molar-refractivity contribution is 0.678. The number of hydrogen-bond acceptors (Lipinski definition) is 2. The first-order valence-corrected chi connectivity index (χ1v) is 4.29. The molecule has 0 N–H and O–H groups in total. The second kappa shape index (κ2) is 2.95. The Morgan fingerprint density at radius 1 is 1.54 bits per heavy atom. The van der Waals surface area contributed by atoms with Crippen LogP contribution >= 0.6 is 0 Å². The Balaban J connectivity index is 2.50. The minimum atomic E-state index is 0.399. The van der Waals surface area contributed by atoms with E-state index in [1.54, 1.807) is 4.68 Å². The van der Waals surface area contributed by atoms with E-state index >= 15 is 0 Å². The van der Waals surface area contributed by atoms with Crippen molar-refractivity contribution in [3.8, 4) is 18.4 Å². The average molecular weight is 171 g/mol. The summed E-state index contributed by atoms with van der Waals surface area (Å²) in [6.45, 7) is 0.399. The van der Waals surface area contributed by atoms with Crippen molar-refractivity contribution < 1.29 is 0 Å². The molecule has 0 amide bonds. The van der Waals surface area contributed by atoms with Crippen LogP contribution in [0.1, 0.15) is 23.4 Å². The van der Waals surface area contributed by atoms with Gasteiger partial charge in [0.15, 0.2) is 0 Å². The number of aryl methyl sites for hydroxylation is 1. The van der Waals surface area contributed by atoms with E-state index in [1.165, 1.54) is 0 Å². The second-order valence-corrected chi connectivity index (χ2v) is 3.10. The molecule has 0 saturated heterocycles. The van der Waals surface area contributed by atoms with E-state index in [-0.39, 0.29) is 0 Å². The van der Waals surface area contributed by atoms with Gasteiger partial charge >= 0.3 is 0 Å². The zero-order chi connectivity index (χ0) is 9.26. The lowest BCUT2D eigenvalue weighted by Gasteiger charge is -1.96. The molecule has 1 aromatic heterocycles. The van der Waals surface area contributed by atoms with Crippen molar-refractivity contribution in [2.75, 3.05) is 0 Å². The van der Waals surface area contributed by atoms with Gasteiger partial charge in [0.05, 0.1) is 5.69 Å². The second-order valence-electron chi connectivity index (χ2n) is 3.10. The average Bonchev–Trinajstić information content (AvgIpc) is 2.64. The van der Waals surface area contributed by atoms with E-state index in [4.69, 9.17) is 11.7 Å². The molecule has 13 heavy (non-hydrogen) atoms. The van der Waals surface area contributed by atoms with Crippen molar-refractivity contribution >= 4 is 0 Å². The summed E-state index contributed by atoms with van der Waals surface area (Å²) >= 11 is 0. The molecule has 0 unspecified atom stereocenters. The van der Waals surface area contributed by atoms with Crippen LogP contribution in [0, 0.1) is 23.7 Å².